The molecule has 0 spiro atoms. The van der Waals surface area contributed by atoms with Crippen LogP contribution in [0.5, 0.6) is 5.75 Å². The predicted octanol–water partition coefficient (Wildman–Crippen LogP) is 2.36. The van der Waals surface area contributed by atoms with Crippen LogP contribution in [0.4, 0.5) is 4.39 Å². The van der Waals surface area contributed by atoms with Crippen LogP contribution in [0.2, 0.25) is 0 Å². The van der Waals surface area contributed by atoms with Gasteiger partial charge in [-0.1, -0.05) is 0 Å². The second-order valence-corrected chi connectivity index (χ2v) is 5.40. The highest BCUT2D eigenvalue weighted by molar-refractivity contribution is 5.37. The normalized spacial score (nSPS) is 23.7. The van der Waals surface area contributed by atoms with Crippen molar-refractivity contribution in [2.75, 3.05) is 19.6 Å². The van der Waals surface area contributed by atoms with E-state index >= 15 is 0 Å². The lowest BCUT2D eigenvalue weighted by Crippen LogP contribution is -2.40. The molecular formula is C15H17FN2O. The first-order chi connectivity index (χ1) is 9.24. The van der Waals surface area contributed by atoms with Crippen LogP contribution in [0.3, 0.4) is 0 Å². The molecule has 4 heteroatoms. The maximum absolute atomic E-state index is 13.1. The third-order valence-electron chi connectivity index (χ3n) is 4.00. The number of piperidine rings is 1. The fraction of sp³-hybridized carbons (Fsp3) is 0.533. The van der Waals surface area contributed by atoms with Crippen molar-refractivity contribution in [3.8, 4) is 11.8 Å². The number of halogens is 1. The zero-order chi connectivity index (χ0) is 13.2. The third-order valence-corrected chi connectivity index (χ3v) is 4.00. The molecule has 0 aliphatic carbocycles. The highest BCUT2D eigenvalue weighted by Gasteiger charge is 2.27. The average Bonchev–Trinajstić information content (AvgIpc) is 2.81. The molecule has 1 atom stereocenters. The van der Waals surface area contributed by atoms with Gasteiger partial charge in [0.05, 0.1) is 6.07 Å². The molecule has 0 saturated carbocycles. The maximum atomic E-state index is 13.1. The summed E-state index contributed by atoms with van der Waals surface area (Å²) in [6, 6.07) is 7.06. The lowest BCUT2D eigenvalue weighted by Gasteiger charge is -2.30. The molecule has 2 aliphatic rings. The smallest absolute Gasteiger partial charge is 0.123 e. The number of nitrogens with zero attached hydrogens (tertiary/aromatic N) is 2. The van der Waals surface area contributed by atoms with Gasteiger partial charge in [0.25, 0.3) is 0 Å². The van der Waals surface area contributed by atoms with Crippen molar-refractivity contribution < 1.29 is 9.13 Å². The van der Waals surface area contributed by atoms with Gasteiger partial charge in [-0.15, -0.1) is 0 Å². The first kappa shape index (κ1) is 12.4. The van der Waals surface area contributed by atoms with E-state index in [-0.39, 0.29) is 17.8 Å². The number of hydrogen-bond acceptors (Lipinski definition) is 3. The summed E-state index contributed by atoms with van der Waals surface area (Å²) >= 11 is 0. The van der Waals surface area contributed by atoms with Crippen molar-refractivity contribution in [2.45, 2.75) is 25.4 Å². The molecule has 2 aliphatic heterocycles. The second kappa shape index (κ2) is 5.18. The monoisotopic (exact) mass is 260 g/mol. The molecule has 0 aromatic heterocycles. The zero-order valence-corrected chi connectivity index (χ0v) is 10.8. The van der Waals surface area contributed by atoms with Crippen molar-refractivity contribution in [3.05, 3.63) is 29.6 Å². The summed E-state index contributed by atoms with van der Waals surface area (Å²) in [4.78, 5) is 2.35. The summed E-state index contributed by atoms with van der Waals surface area (Å²) in [5.74, 6) is 0.836. The van der Waals surface area contributed by atoms with Crippen molar-refractivity contribution in [3.63, 3.8) is 0 Å². The Morgan fingerprint density at radius 3 is 2.89 bits per heavy atom. The molecule has 1 fully saturated rings. The topological polar surface area (TPSA) is 36.3 Å². The van der Waals surface area contributed by atoms with Gasteiger partial charge in [0, 0.05) is 24.4 Å². The molecule has 0 N–H and O–H groups in total. The Morgan fingerprint density at radius 1 is 1.37 bits per heavy atom. The van der Waals surface area contributed by atoms with E-state index in [0.717, 1.165) is 50.2 Å². The van der Waals surface area contributed by atoms with Gasteiger partial charge in [-0.05, 0) is 44.1 Å². The lowest BCUT2D eigenvalue weighted by atomic mass is 9.98. The molecule has 1 unspecified atom stereocenters. The number of ether oxygens (including phenoxy) is 1. The molecule has 19 heavy (non-hydrogen) atoms. The highest BCUT2D eigenvalue weighted by Crippen LogP contribution is 2.30. The fourth-order valence-corrected chi connectivity index (χ4v) is 2.92. The SMILES string of the molecule is N#CC1CCN(CC2Cc3cc(F)ccc3O2)CC1. The van der Waals surface area contributed by atoms with E-state index in [4.69, 9.17) is 10.00 Å². The van der Waals surface area contributed by atoms with Gasteiger partial charge in [0.15, 0.2) is 0 Å². The molecular weight excluding hydrogens is 243 g/mol. The molecule has 1 aromatic rings. The van der Waals surface area contributed by atoms with E-state index < -0.39 is 0 Å². The molecule has 3 rings (SSSR count). The molecule has 0 amide bonds. The second-order valence-electron chi connectivity index (χ2n) is 5.40. The summed E-state index contributed by atoms with van der Waals surface area (Å²) in [6.07, 6.45) is 2.80. The Balaban J connectivity index is 1.55. The Hall–Kier alpha value is -1.60. The Bertz CT molecular complexity index is 503. The molecule has 0 bridgehead atoms. The molecule has 3 nitrogen and oxygen atoms in total. The van der Waals surface area contributed by atoms with E-state index in [1.165, 1.54) is 6.07 Å². The van der Waals surface area contributed by atoms with E-state index in [0.29, 0.717) is 0 Å². The summed E-state index contributed by atoms with van der Waals surface area (Å²) in [6.45, 7) is 2.79. The largest absolute Gasteiger partial charge is 0.488 e. The summed E-state index contributed by atoms with van der Waals surface area (Å²) in [7, 11) is 0. The van der Waals surface area contributed by atoms with Gasteiger partial charge >= 0.3 is 0 Å². The lowest BCUT2D eigenvalue weighted by molar-refractivity contribution is 0.125. The van der Waals surface area contributed by atoms with Gasteiger partial charge in [-0.3, -0.25) is 4.90 Å². The minimum absolute atomic E-state index is 0.121. The number of rotatable bonds is 2. The summed E-state index contributed by atoms with van der Waals surface area (Å²) in [5.41, 5.74) is 0.969. The fourth-order valence-electron chi connectivity index (χ4n) is 2.92. The predicted molar refractivity (Wildman–Crippen MR) is 69.3 cm³/mol. The number of hydrogen-bond donors (Lipinski definition) is 0. The zero-order valence-electron chi connectivity index (χ0n) is 10.8. The van der Waals surface area contributed by atoms with Crippen molar-refractivity contribution >= 4 is 0 Å². The minimum Gasteiger partial charge on any atom is -0.488 e. The first-order valence-electron chi connectivity index (χ1n) is 6.81. The molecule has 2 heterocycles. The average molecular weight is 260 g/mol. The third kappa shape index (κ3) is 2.71. The van der Waals surface area contributed by atoms with Gasteiger partial charge in [-0.25, -0.2) is 4.39 Å². The maximum Gasteiger partial charge on any atom is 0.123 e. The Labute approximate surface area is 112 Å². The van der Waals surface area contributed by atoms with Crippen LogP contribution < -0.4 is 4.74 Å². The minimum atomic E-state index is -0.196. The van der Waals surface area contributed by atoms with Crippen LogP contribution in [-0.2, 0) is 6.42 Å². The standard InChI is InChI=1S/C15H17FN2O/c16-13-1-2-15-12(7-13)8-14(19-15)10-18-5-3-11(9-17)4-6-18/h1-2,7,11,14H,3-6,8,10H2. The number of benzene rings is 1. The van der Waals surface area contributed by atoms with Gasteiger partial charge in [-0.2, -0.15) is 5.26 Å². The van der Waals surface area contributed by atoms with Crippen LogP contribution in [-0.4, -0.2) is 30.6 Å². The van der Waals surface area contributed by atoms with Crippen LogP contribution in [0.15, 0.2) is 18.2 Å². The van der Waals surface area contributed by atoms with E-state index in [9.17, 15) is 4.39 Å². The van der Waals surface area contributed by atoms with Gasteiger partial charge in [0.2, 0.25) is 0 Å². The van der Waals surface area contributed by atoms with Crippen LogP contribution in [0.1, 0.15) is 18.4 Å². The first-order valence-corrected chi connectivity index (χ1v) is 6.81. The van der Waals surface area contributed by atoms with Crippen LogP contribution >= 0.6 is 0 Å². The number of nitriles is 1. The number of fused-ring (bicyclic) bond motifs is 1. The quantitative estimate of drug-likeness (QED) is 0.819. The van der Waals surface area contributed by atoms with Crippen LogP contribution in [0.25, 0.3) is 0 Å². The highest BCUT2D eigenvalue weighted by atomic mass is 19.1. The summed E-state index contributed by atoms with van der Waals surface area (Å²) < 4.78 is 19.0. The van der Waals surface area contributed by atoms with Crippen molar-refractivity contribution in [1.29, 1.82) is 5.26 Å². The summed E-state index contributed by atoms with van der Waals surface area (Å²) in [5, 5.41) is 8.88. The van der Waals surface area contributed by atoms with E-state index in [1.54, 1.807) is 12.1 Å². The van der Waals surface area contributed by atoms with Crippen LogP contribution in [0, 0.1) is 23.1 Å². The number of likely N-dealkylation sites (tertiary alicyclic amines) is 1. The van der Waals surface area contributed by atoms with Crippen molar-refractivity contribution in [2.24, 2.45) is 5.92 Å². The van der Waals surface area contributed by atoms with Gasteiger partial charge in [0.1, 0.15) is 17.7 Å². The Morgan fingerprint density at radius 2 is 2.16 bits per heavy atom. The van der Waals surface area contributed by atoms with E-state index in [2.05, 4.69) is 11.0 Å². The molecule has 100 valence electrons. The Kier molecular flexibility index (Phi) is 3.39. The molecule has 1 aromatic carbocycles. The molecule has 0 radical (unpaired) electrons. The van der Waals surface area contributed by atoms with Crippen molar-refractivity contribution in [1.82, 2.24) is 4.90 Å². The molecule has 1 saturated heterocycles. The van der Waals surface area contributed by atoms with E-state index in [1.807, 2.05) is 0 Å². The van der Waals surface area contributed by atoms with Gasteiger partial charge < -0.3 is 4.74 Å².